The zero-order chi connectivity index (χ0) is 11.8. The molecule has 0 unspecified atom stereocenters. The molecule has 6 heteroatoms. The van der Waals surface area contributed by atoms with Crippen molar-refractivity contribution in [2.75, 3.05) is 11.9 Å². The molecule has 2 aromatic rings. The number of ether oxygens (including phenoxy) is 1. The molecule has 2 N–H and O–H groups in total. The van der Waals surface area contributed by atoms with Gasteiger partial charge in [0, 0.05) is 10.9 Å². The number of fused-ring (bicyclic) bond motifs is 1. The van der Waals surface area contributed by atoms with Crippen LogP contribution in [0.25, 0.3) is 11.3 Å². The van der Waals surface area contributed by atoms with Crippen molar-refractivity contribution in [1.82, 2.24) is 4.98 Å². The summed E-state index contributed by atoms with van der Waals surface area (Å²) in [6.07, 6.45) is 0. The number of carbonyl (C=O) groups excluding carboxylic acids is 1. The van der Waals surface area contributed by atoms with Crippen LogP contribution in [0.15, 0.2) is 28.4 Å². The second kappa shape index (κ2) is 3.74. The standard InChI is InChI=1S/C11H8N2O3S/c14-10-4-16-9-2-1-6(3-7(9)12-10)8-5-17-11(15)13-8/h1-3,5H,4H2,(H,12,14)(H,13,15). The third kappa shape index (κ3) is 1.83. The Hall–Kier alpha value is -2.08. The van der Waals surface area contributed by atoms with Crippen molar-refractivity contribution in [2.45, 2.75) is 0 Å². The third-order valence-electron chi connectivity index (χ3n) is 2.44. The summed E-state index contributed by atoms with van der Waals surface area (Å²) >= 11 is 1.11. The molecule has 0 saturated heterocycles. The molecule has 1 aromatic heterocycles. The highest BCUT2D eigenvalue weighted by Gasteiger charge is 2.16. The molecule has 0 spiro atoms. The molecule has 2 heterocycles. The molecule has 3 rings (SSSR count). The van der Waals surface area contributed by atoms with Crippen molar-refractivity contribution in [3.05, 3.63) is 33.2 Å². The van der Waals surface area contributed by atoms with E-state index in [1.54, 1.807) is 17.5 Å². The van der Waals surface area contributed by atoms with E-state index in [2.05, 4.69) is 10.3 Å². The van der Waals surface area contributed by atoms with E-state index >= 15 is 0 Å². The Morgan fingerprint density at radius 1 is 1.29 bits per heavy atom. The second-order valence-electron chi connectivity index (χ2n) is 3.61. The lowest BCUT2D eigenvalue weighted by molar-refractivity contribution is -0.118. The molecule has 0 aliphatic carbocycles. The molecular formula is C11H8N2O3S. The molecule has 17 heavy (non-hydrogen) atoms. The minimum Gasteiger partial charge on any atom is -0.482 e. The largest absolute Gasteiger partial charge is 0.482 e. The maximum absolute atomic E-state index is 11.2. The predicted octanol–water partition coefficient (Wildman–Crippen LogP) is 1.43. The number of aromatic amines is 1. The van der Waals surface area contributed by atoms with E-state index in [4.69, 9.17) is 4.74 Å². The minimum atomic E-state index is -0.173. The van der Waals surface area contributed by atoms with Crippen LogP contribution in [0, 0.1) is 0 Å². The first-order valence-corrected chi connectivity index (χ1v) is 5.85. The normalized spacial score (nSPS) is 13.8. The van der Waals surface area contributed by atoms with Crippen molar-refractivity contribution >= 4 is 22.9 Å². The van der Waals surface area contributed by atoms with E-state index in [-0.39, 0.29) is 17.4 Å². The minimum absolute atomic E-state index is 0.0433. The molecule has 0 atom stereocenters. The highest BCUT2D eigenvalue weighted by Crippen LogP contribution is 2.31. The zero-order valence-corrected chi connectivity index (χ0v) is 9.47. The van der Waals surface area contributed by atoms with E-state index in [0.717, 1.165) is 22.6 Å². The van der Waals surface area contributed by atoms with Gasteiger partial charge in [-0.2, -0.15) is 0 Å². The van der Waals surface area contributed by atoms with Gasteiger partial charge in [0.05, 0.1) is 11.4 Å². The molecule has 0 saturated carbocycles. The summed E-state index contributed by atoms with van der Waals surface area (Å²) in [5, 5.41) is 4.47. The average Bonchev–Trinajstić information content (AvgIpc) is 2.75. The van der Waals surface area contributed by atoms with Gasteiger partial charge in [0.15, 0.2) is 6.61 Å². The summed E-state index contributed by atoms with van der Waals surface area (Å²) in [5.41, 5.74) is 2.21. The number of nitrogens with one attached hydrogen (secondary N) is 2. The summed E-state index contributed by atoms with van der Waals surface area (Å²) in [6.45, 7) is 0.0433. The summed E-state index contributed by atoms with van der Waals surface area (Å²) < 4.78 is 5.25. The van der Waals surface area contributed by atoms with Gasteiger partial charge in [0.2, 0.25) is 0 Å². The van der Waals surface area contributed by atoms with Gasteiger partial charge in [-0.05, 0) is 18.2 Å². The number of carbonyl (C=O) groups is 1. The molecule has 1 aromatic carbocycles. The SMILES string of the molecule is O=C1COc2ccc(-c3csc(=O)[nH]3)cc2N1. The maximum atomic E-state index is 11.2. The highest BCUT2D eigenvalue weighted by atomic mass is 32.1. The van der Waals surface area contributed by atoms with Crippen molar-refractivity contribution in [2.24, 2.45) is 0 Å². The quantitative estimate of drug-likeness (QED) is 0.802. The predicted molar refractivity (Wildman–Crippen MR) is 64.5 cm³/mol. The summed E-state index contributed by atoms with van der Waals surface area (Å²) in [5.74, 6) is 0.472. The molecule has 5 nitrogen and oxygen atoms in total. The van der Waals surface area contributed by atoms with Crippen LogP contribution in [-0.4, -0.2) is 17.5 Å². The fraction of sp³-hybridized carbons (Fsp3) is 0.0909. The Bertz CT molecular complexity index is 644. The van der Waals surface area contributed by atoms with Gasteiger partial charge in [-0.1, -0.05) is 11.3 Å². The molecular weight excluding hydrogens is 240 g/mol. The lowest BCUT2D eigenvalue weighted by Crippen LogP contribution is -2.25. The van der Waals surface area contributed by atoms with Gasteiger partial charge < -0.3 is 15.0 Å². The van der Waals surface area contributed by atoms with Crippen LogP contribution in [0.1, 0.15) is 0 Å². The van der Waals surface area contributed by atoms with Gasteiger partial charge in [0.25, 0.3) is 5.91 Å². The fourth-order valence-electron chi connectivity index (χ4n) is 1.67. The number of thiazole rings is 1. The first-order valence-electron chi connectivity index (χ1n) is 4.97. The van der Waals surface area contributed by atoms with Gasteiger partial charge in [-0.25, -0.2) is 0 Å². The van der Waals surface area contributed by atoms with E-state index in [1.807, 2.05) is 6.07 Å². The van der Waals surface area contributed by atoms with Gasteiger partial charge in [0.1, 0.15) is 5.75 Å². The van der Waals surface area contributed by atoms with Gasteiger partial charge in [-0.3, -0.25) is 9.59 Å². The van der Waals surface area contributed by atoms with E-state index in [0.29, 0.717) is 11.4 Å². The van der Waals surface area contributed by atoms with Gasteiger partial charge >= 0.3 is 4.87 Å². The molecule has 1 aliphatic heterocycles. The third-order valence-corrected chi connectivity index (χ3v) is 3.11. The average molecular weight is 248 g/mol. The first-order chi connectivity index (χ1) is 8.22. The van der Waals surface area contributed by atoms with E-state index < -0.39 is 0 Å². The van der Waals surface area contributed by atoms with Crippen molar-refractivity contribution < 1.29 is 9.53 Å². The summed E-state index contributed by atoms with van der Waals surface area (Å²) in [7, 11) is 0. The Labute approximate surface area is 100 Å². The lowest BCUT2D eigenvalue weighted by atomic mass is 10.1. The number of benzene rings is 1. The summed E-state index contributed by atoms with van der Waals surface area (Å²) in [4.78, 5) is 24.9. The Balaban J connectivity index is 2.06. The maximum Gasteiger partial charge on any atom is 0.304 e. The van der Waals surface area contributed by atoms with Crippen LogP contribution in [0.5, 0.6) is 5.75 Å². The lowest BCUT2D eigenvalue weighted by Gasteiger charge is -2.18. The molecule has 0 radical (unpaired) electrons. The van der Waals surface area contributed by atoms with Crippen LogP contribution in [-0.2, 0) is 4.79 Å². The molecule has 0 bridgehead atoms. The number of hydrogen-bond donors (Lipinski definition) is 2. The Morgan fingerprint density at radius 2 is 2.18 bits per heavy atom. The Morgan fingerprint density at radius 3 is 2.94 bits per heavy atom. The number of aromatic nitrogens is 1. The number of anilines is 1. The zero-order valence-electron chi connectivity index (χ0n) is 8.65. The first kappa shape index (κ1) is 10.1. The van der Waals surface area contributed by atoms with Crippen LogP contribution >= 0.6 is 11.3 Å². The number of rotatable bonds is 1. The van der Waals surface area contributed by atoms with E-state index in [1.165, 1.54) is 0 Å². The van der Waals surface area contributed by atoms with Gasteiger partial charge in [-0.15, -0.1) is 0 Å². The fourth-order valence-corrected chi connectivity index (χ4v) is 2.26. The topological polar surface area (TPSA) is 71.2 Å². The molecule has 86 valence electrons. The smallest absolute Gasteiger partial charge is 0.304 e. The number of amides is 1. The van der Waals surface area contributed by atoms with Crippen molar-refractivity contribution in [1.29, 1.82) is 0 Å². The van der Waals surface area contributed by atoms with Crippen LogP contribution in [0.4, 0.5) is 5.69 Å². The van der Waals surface area contributed by atoms with Crippen molar-refractivity contribution in [3.63, 3.8) is 0 Å². The highest BCUT2D eigenvalue weighted by molar-refractivity contribution is 7.07. The second-order valence-corrected chi connectivity index (χ2v) is 4.45. The Kier molecular flexibility index (Phi) is 2.22. The molecule has 0 fully saturated rings. The van der Waals surface area contributed by atoms with Crippen LogP contribution < -0.4 is 14.9 Å². The number of hydrogen-bond acceptors (Lipinski definition) is 4. The number of H-pyrrole nitrogens is 1. The molecule has 1 amide bonds. The summed E-state index contributed by atoms with van der Waals surface area (Å²) in [6, 6.07) is 5.40. The van der Waals surface area contributed by atoms with Crippen molar-refractivity contribution in [3.8, 4) is 17.0 Å². The molecule has 1 aliphatic rings. The monoisotopic (exact) mass is 248 g/mol. The van der Waals surface area contributed by atoms with Crippen LogP contribution in [0.2, 0.25) is 0 Å². The van der Waals surface area contributed by atoms with Crippen LogP contribution in [0.3, 0.4) is 0 Å². The van der Waals surface area contributed by atoms with E-state index in [9.17, 15) is 9.59 Å².